The second-order valence-electron chi connectivity index (χ2n) is 19.8. The van der Waals surface area contributed by atoms with Crippen LogP contribution in [0.5, 0.6) is 0 Å². The Morgan fingerprint density at radius 3 is 1.14 bits per heavy atom. The summed E-state index contributed by atoms with van der Waals surface area (Å²) in [7, 11) is -4.75. The molecule has 0 spiro atoms. The number of aliphatic hydroxyl groups is 1. The number of ether oxygens (including phenoxy) is 3. The van der Waals surface area contributed by atoms with Gasteiger partial charge in [0.25, 0.3) is 0 Å². The van der Waals surface area contributed by atoms with Gasteiger partial charge in [0.2, 0.25) is 0 Å². The summed E-state index contributed by atoms with van der Waals surface area (Å²) in [4.78, 5) is 48.5. The molecule has 0 saturated heterocycles. The molecule has 3 atom stereocenters. The van der Waals surface area contributed by atoms with Crippen molar-refractivity contribution in [2.45, 2.75) is 290 Å². The molecule has 0 amide bonds. The van der Waals surface area contributed by atoms with Gasteiger partial charge in [-0.3, -0.25) is 23.4 Å². The van der Waals surface area contributed by atoms with Crippen LogP contribution < -0.4 is 0 Å². The number of carbonyl (C=O) groups excluding carboxylic acids is 3. The van der Waals surface area contributed by atoms with Gasteiger partial charge in [0.1, 0.15) is 12.7 Å². The molecule has 11 nitrogen and oxygen atoms in total. The maximum absolute atomic E-state index is 12.9. The highest BCUT2D eigenvalue weighted by molar-refractivity contribution is 7.47. The van der Waals surface area contributed by atoms with Gasteiger partial charge in [-0.2, -0.15) is 0 Å². The van der Waals surface area contributed by atoms with Gasteiger partial charge in [-0.25, -0.2) is 4.57 Å². The molecule has 0 aromatic carbocycles. The molecule has 420 valence electrons. The first kappa shape index (κ1) is 69.4. The van der Waals surface area contributed by atoms with Crippen LogP contribution in [0.3, 0.4) is 0 Å². The third kappa shape index (κ3) is 52.3. The highest BCUT2D eigenvalue weighted by Gasteiger charge is 2.28. The van der Waals surface area contributed by atoms with Crippen LogP contribution in [0.4, 0.5) is 0 Å². The van der Waals surface area contributed by atoms with Crippen LogP contribution in [0, 0.1) is 0 Å². The highest BCUT2D eigenvalue weighted by atomic mass is 31.2. The van der Waals surface area contributed by atoms with Gasteiger partial charge in [-0.05, 0) is 77.0 Å². The van der Waals surface area contributed by atoms with Crippen molar-refractivity contribution in [1.29, 1.82) is 0 Å². The quantitative estimate of drug-likeness (QED) is 0.0197. The number of unbranched alkanes of at least 4 members (excludes halogenated alkanes) is 30. The zero-order valence-electron chi connectivity index (χ0n) is 46.4. The molecule has 3 unspecified atom stereocenters. The lowest BCUT2D eigenvalue weighted by molar-refractivity contribution is -0.161. The van der Waals surface area contributed by atoms with E-state index in [2.05, 4.69) is 69.4 Å². The first-order valence-electron chi connectivity index (χ1n) is 29.5. The van der Waals surface area contributed by atoms with Crippen molar-refractivity contribution in [1.82, 2.24) is 0 Å². The fourth-order valence-corrected chi connectivity index (χ4v) is 9.03. The lowest BCUT2D eigenvalue weighted by Gasteiger charge is -2.21. The SMILES string of the molecule is CC/C=C\C/C=C\C/C=C\CCCCCC(=O)OC(COC(=O)CCCCCCCCCCC/C=C\CCCCCCCC)COP(=O)(O)OCC(CO)OC(=O)CCCCCCCCCCCCCCC. The number of phosphoric acid groups is 1. The maximum atomic E-state index is 12.9. The number of hydrogen-bond acceptors (Lipinski definition) is 10. The number of allylic oxidation sites excluding steroid dienone is 8. The van der Waals surface area contributed by atoms with E-state index < -0.39 is 57.8 Å². The summed E-state index contributed by atoms with van der Waals surface area (Å²) in [5, 5.41) is 9.80. The fraction of sp³-hybridized carbons (Fsp3) is 0.817. The summed E-state index contributed by atoms with van der Waals surface area (Å²) in [5.74, 6) is -1.49. The summed E-state index contributed by atoms with van der Waals surface area (Å²) in [6.45, 7) is 4.52. The second kappa shape index (κ2) is 54.7. The Bertz CT molecular complexity index is 1400. The maximum Gasteiger partial charge on any atom is 0.472 e. The van der Waals surface area contributed by atoms with E-state index >= 15 is 0 Å². The predicted octanol–water partition coefficient (Wildman–Crippen LogP) is 17.4. The fourth-order valence-electron chi connectivity index (χ4n) is 8.25. The van der Waals surface area contributed by atoms with Crippen LogP contribution in [-0.4, -0.2) is 66.5 Å². The molecule has 0 saturated carbocycles. The van der Waals surface area contributed by atoms with Crippen LogP contribution in [0.15, 0.2) is 48.6 Å². The lowest BCUT2D eigenvalue weighted by atomic mass is 10.0. The Labute approximate surface area is 441 Å². The van der Waals surface area contributed by atoms with Gasteiger partial charge in [-0.15, -0.1) is 0 Å². The number of hydrogen-bond donors (Lipinski definition) is 2. The topological polar surface area (TPSA) is 155 Å². The molecular weight excluding hydrogens is 928 g/mol. The van der Waals surface area contributed by atoms with Gasteiger partial charge in [0.05, 0.1) is 19.8 Å². The van der Waals surface area contributed by atoms with Crippen molar-refractivity contribution in [3.63, 3.8) is 0 Å². The van der Waals surface area contributed by atoms with E-state index in [-0.39, 0.29) is 25.9 Å². The minimum absolute atomic E-state index is 0.134. The smallest absolute Gasteiger partial charge is 0.462 e. The summed E-state index contributed by atoms with van der Waals surface area (Å²) >= 11 is 0. The average molecular weight is 1040 g/mol. The first-order chi connectivity index (χ1) is 35.2. The van der Waals surface area contributed by atoms with E-state index in [4.69, 9.17) is 23.3 Å². The van der Waals surface area contributed by atoms with E-state index in [9.17, 15) is 28.9 Å². The summed E-state index contributed by atoms with van der Waals surface area (Å²) < 4.78 is 39.5. The van der Waals surface area contributed by atoms with Gasteiger partial charge in [-0.1, -0.05) is 230 Å². The second-order valence-corrected chi connectivity index (χ2v) is 21.2. The Hall–Kier alpha value is -2.56. The first-order valence-corrected chi connectivity index (χ1v) is 31.0. The summed E-state index contributed by atoms with van der Waals surface area (Å²) in [5.41, 5.74) is 0. The molecule has 72 heavy (non-hydrogen) atoms. The molecule has 0 aromatic rings. The third-order valence-corrected chi connectivity index (χ3v) is 13.7. The number of rotatable bonds is 55. The van der Waals surface area contributed by atoms with Crippen LogP contribution in [0.1, 0.15) is 278 Å². The van der Waals surface area contributed by atoms with Crippen molar-refractivity contribution in [3.8, 4) is 0 Å². The Morgan fingerprint density at radius 2 is 0.722 bits per heavy atom. The van der Waals surface area contributed by atoms with Crippen LogP contribution in [-0.2, 0) is 42.2 Å². The zero-order valence-corrected chi connectivity index (χ0v) is 47.3. The molecule has 0 radical (unpaired) electrons. The Kier molecular flexibility index (Phi) is 52.7. The summed E-state index contributed by atoms with van der Waals surface area (Å²) in [6.07, 6.45) is 57.9. The van der Waals surface area contributed by atoms with Crippen molar-refractivity contribution in [2.24, 2.45) is 0 Å². The molecule has 0 fully saturated rings. The van der Waals surface area contributed by atoms with Crippen molar-refractivity contribution in [3.05, 3.63) is 48.6 Å². The largest absolute Gasteiger partial charge is 0.472 e. The molecule has 0 aliphatic carbocycles. The van der Waals surface area contributed by atoms with Gasteiger partial charge >= 0.3 is 25.7 Å². The molecule has 0 rings (SSSR count). The molecule has 0 bridgehead atoms. The van der Waals surface area contributed by atoms with E-state index in [1.165, 1.54) is 141 Å². The number of phosphoric ester groups is 1. The van der Waals surface area contributed by atoms with Gasteiger partial charge in [0, 0.05) is 19.3 Å². The van der Waals surface area contributed by atoms with E-state index in [0.717, 1.165) is 77.0 Å². The van der Waals surface area contributed by atoms with Crippen LogP contribution in [0.2, 0.25) is 0 Å². The Morgan fingerprint density at radius 1 is 0.403 bits per heavy atom. The Balaban J connectivity index is 4.69. The minimum Gasteiger partial charge on any atom is -0.462 e. The van der Waals surface area contributed by atoms with Gasteiger partial charge < -0.3 is 24.2 Å². The minimum atomic E-state index is -4.75. The lowest BCUT2D eigenvalue weighted by Crippen LogP contribution is -2.30. The predicted molar refractivity (Wildman–Crippen MR) is 298 cm³/mol. The molecule has 12 heteroatoms. The van der Waals surface area contributed by atoms with E-state index in [1.807, 2.05) is 0 Å². The molecule has 0 aromatic heterocycles. The van der Waals surface area contributed by atoms with Crippen molar-refractivity contribution >= 4 is 25.7 Å². The van der Waals surface area contributed by atoms with Gasteiger partial charge in [0.15, 0.2) is 6.10 Å². The third-order valence-electron chi connectivity index (χ3n) is 12.7. The number of aliphatic hydroxyl groups excluding tert-OH is 1. The van der Waals surface area contributed by atoms with E-state index in [0.29, 0.717) is 19.3 Å². The molecule has 0 aliphatic rings. The standard InChI is InChI=1S/C60H109O11P/c1-4-7-10-13-16-19-22-25-26-27-28-29-30-33-34-37-40-43-46-49-58(62)67-53-57(71-60(64)51-48-45-42-39-36-32-24-21-18-15-12-9-6-3)55-69-72(65,66)68-54-56(52-61)70-59(63)50-47-44-41-38-35-31-23-20-17-14-11-8-5-2/h9,12,18,21,25-26,32,36,56-57,61H,4-8,10-11,13-17,19-20,22-24,27-31,33-35,37-55H2,1-3H3,(H,65,66)/b12-9-,21-18-,26-25-,36-32-. The average Bonchev–Trinajstić information content (AvgIpc) is 3.37. The van der Waals surface area contributed by atoms with Crippen molar-refractivity contribution in [2.75, 3.05) is 26.4 Å². The zero-order chi connectivity index (χ0) is 52.7. The van der Waals surface area contributed by atoms with Crippen LogP contribution >= 0.6 is 7.82 Å². The number of esters is 3. The number of carbonyl (C=O) groups is 3. The normalized spacial score (nSPS) is 13.7. The molecule has 0 heterocycles. The molecular formula is C60H109O11P. The van der Waals surface area contributed by atoms with Crippen LogP contribution in [0.25, 0.3) is 0 Å². The highest BCUT2D eigenvalue weighted by Crippen LogP contribution is 2.43. The van der Waals surface area contributed by atoms with E-state index in [1.54, 1.807) is 0 Å². The monoisotopic (exact) mass is 1040 g/mol. The van der Waals surface area contributed by atoms with Crippen molar-refractivity contribution < 1.29 is 52.2 Å². The molecule has 0 aliphatic heterocycles. The molecule has 2 N–H and O–H groups in total. The summed E-state index contributed by atoms with van der Waals surface area (Å²) in [6, 6.07) is 0.